The summed E-state index contributed by atoms with van der Waals surface area (Å²) >= 11 is 0. The van der Waals surface area contributed by atoms with Crippen molar-refractivity contribution in [2.24, 2.45) is 0 Å². The molecule has 2 rings (SSSR count). The van der Waals surface area contributed by atoms with Gasteiger partial charge in [-0.3, -0.25) is 4.79 Å². The molecule has 1 aromatic carbocycles. The van der Waals surface area contributed by atoms with Gasteiger partial charge in [-0.1, -0.05) is 25.0 Å². The average molecular weight is 249 g/mol. The molecule has 1 saturated carbocycles. The number of benzene rings is 1. The van der Waals surface area contributed by atoms with Crippen LogP contribution in [-0.4, -0.2) is 23.7 Å². The third kappa shape index (κ3) is 3.82. The second-order valence-corrected chi connectivity index (χ2v) is 4.62. The van der Waals surface area contributed by atoms with Crippen molar-refractivity contribution in [2.45, 2.75) is 38.4 Å². The molecule has 1 aromatic rings. The van der Waals surface area contributed by atoms with Crippen LogP contribution in [0.15, 0.2) is 24.3 Å². The number of carbonyl (C=O) groups excluding carboxylic acids is 1. The Kier molecular flexibility index (Phi) is 4.73. The Balaban J connectivity index is 1.81. The van der Waals surface area contributed by atoms with Crippen molar-refractivity contribution in [1.82, 2.24) is 0 Å². The molecular weight excluding hydrogens is 230 g/mol. The van der Waals surface area contributed by atoms with E-state index >= 15 is 0 Å². The third-order valence-corrected chi connectivity index (χ3v) is 3.17. The maximum absolute atomic E-state index is 11.0. The SMILES string of the molecule is O=C(CO)Nc1ccc(COC2CCCC2)cc1. The van der Waals surface area contributed by atoms with E-state index in [-0.39, 0.29) is 0 Å². The van der Waals surface area contributed by atoms with Crippen molar-refractivity contribution in [3.05, 3.63) is 29.8 Å². The van der Waals surface area contributed by atoms with Crippen LogP contribution in [0, 0.1) is 0 Å². The van der Waals surface area contributed by atoms with Gasteiger partial charge in [-0.2, -0.15) is 0 Å². The van der Waals surface area contributed by atoms with Crippen LogP contribution in [-0.2, 0) is 16.1 Å². The molecule has 2 N–H and O–H groups in total. The smallest absolute Gasteiger partial charge is 0.250 e. The number of rotatable bonds is 5. The Labute approximate surface area is 107 Å². The van der Waals surface area contributed by atoms with Gasteiger partial charge < -0.3 is 15.2 Å². The topological polar surface area (TPSA) is 58.6 Å². The van der Waals surface area contributed by atoms with E-state index < -0.39 is 12.5 Å². The molecule has 0 saturated heterocycles. The Morgan fingerprint density at radius 1 is 1.28 bits per heavy atom. The number of ether oxygens (including phenoxy) is 1. The lowest BCUT2D eigenvalue weighted by atomic mass is 10.2. The lowest BCUT2D eigenvalue weighted by Gasteiger charge is -2.11. The summed E-state index contributed by atoms with van der Waals surface area (Å²) in [6.45, 7) is 0.130. The molecule has 1 fully saturated rings. The van der Waals surface area contributed by atoms with Gasteiger partial charge in [-0.05, 0) is 30.5 Å². The molecule has 1 amide bonds. The first-order chi connectivity index (χ1) is 8.78. The number of amides is 1. The molecule has 1 aliphatic rings. The highest BCUT2D eigenvalue weighted by Gasteiger charge is 2.14. The number of hydrogen-bond acceptors (Lipinski definition) is 3. The Hall–Kier alpha value is -1.39. The Morgan fingerprint density at radius 2 is 1.94 bits per heavy atom. The average Bonchev–Trinajstić information content (AvgIpc) is 2.91. The summed E-state index contributed by atoms with van der Waals surface area (Å²) < 4.78 is 5.80. The number of hydrogen-bond donors (Lipinski definition) is 2. The van der Waals surface area contributed by atoms with Crippen LogP contribution in [0.2, 0.25) is 0 Å². The van der Waals surface area contributed by atoms with Gasteiger partial charge in [0, 0.05) is 5.69 Å². The Morgan fingerprint density at radius 3 is 2.56 bits per heavy atom. The van der Waals surface area contributed by atoms with Gasteiger partial charge in [0.25, 0.3) is 0 Å². The number of aliphatic hydroxyl groups is 1. The van der Waals surface area contributed by atoms with E-state index in [2.05, 4.69) is 5.32 Å². The molecule has 0 radical (unpaired) electrons. The number of aliphatic hydroxyl groups excluding tert-OH is 1. The largest absolute Gasteiger partial charge is 0.387 e. The molecule has 4 heteroatoms. The zero-order valence-corrected chi connectivity index (χ0v) is 10.4. The first-order valence-electron chi connectivity index (χ1n) is 6.39. The number of carbonyl (C=O) groups is 1. The fourth-order valence-corrected chi connectivity index (χ4v) is 2.15. The van der Waals surface area contributed by atoms with Crippen molar-refractivity contribution in [3.63, 3.8) is 0 Å². The second-order valence-electron chi connectivity index (χ2n) is 4.62. The van der Waals surface area contributed by atoms with Crippen molar-refractivity contribution < 1.29 is 14.6 Å². The Bertz CT molecular complexity index is 383. The van der Waals surface area contributed by atoms with E-state index in [9.17, 15) is 4.79 Å². The van der Waals surface area contributed by atoms with Crippen molar-refractivity contribution in [2.75, 3.05) is 11.9 Å². The van der Waals surface area contributed by atoms with Crippen LogP contribution in [0.25, 0.3) is 0 Å². The molecule has 0 bridgehead atoms. The number of anilines is 1. The predicted molar refractivity (Wildman–Crippen MR) is 69.2 cm³/mol. The minimum atomic E-state index is -0.494. The van der Waals surface area contributed by atoms with Crippen LogP contribution < -0.4 is 5.32 Å². The zero-order valence-electron chi connectivity index (χ0n) is 10.4. The summed E-state index contributed by atoms with van der Waals surface area (Å²) in [5, 5.41) is 11.2. The second kappa shape index (κ2) is 6.52. The van der Waals surface area contributed by atoms with E-state index in [4.69, 9.17) is 9.84 Å². The fourth-order valence-electron chi connectivity index (χ4n) is 2.15. The number of nitrogens with one attached hydrogen (secondary N) is 1. The third-order valence-electron chi connectivity index (χ3n) is 3.17. The van der Waals surface area contributed by atoms with E-state index in [1.807, 2.05) is 24.3 Å². The van der Waals surface area contributed by atoms with Gasteiger partial charge in [0.2, 0.25) is 5.91 Å². The molecular formula is C14H19NO3. The fraction of sp³-hybridized carbons (Fsp3) is 0.500. The quantitative estimate of drug-likeness (QED) is 0.840. The molecule has 0 unspecified atom stereocenters. The van der Waals surface area contributed by atoms with Crippen LogP contribution >= 0.6 is 0 Å². The van der Waals surface area contributed by atoms with Gasteiger partial charge in [0.15, 0.2) is 0 Å². The summed E-state index contributed by atoms with van der Waals surface area (Å²) in [6, 6.07) is 7.51. The summed E-state index contributed by atoms with van der Waals surface area (Å²) in [5.74, 6) is -0.398. The summed E-state index contributed by atoms with van der Waals surface area (Å²) in [7, 11) is 0. The maximum atomic E-state index is 11.0. The standard InChI is InChI=1S/C14H19NO3/c16-9-14(17)15-12-7-5-11(6-8-12)10-18-13-3-1-2-4-13/h5-8,13,16H,1-4,9-10H2,(H,15,17). The monoisotopic (exact) mass is 249 g/mol. The molecule has 98 valence electrons. The van der Waals surface area contributed by atoms with E-state index in [1.54, 1.807) is 0 Å². The molecule has 1 aliphatic carbocycles. The lowest BCUT2D eigenvalue weighted by Crippen LogP contribution is -2.15. The highest BCUT2D eigenvalue weighted by atomic mass is 16.5. The zero-order chi connectivity index (χ0) is 12.8. The van der Waals surface area contributed by atoms with Gasteiger partial charge in [-0.25, -0.2) is 0 Å². The molecule has 0 spiro atoms. The van der Waals surface area contributed by atoms with E-state index in [1.165, 1.54) is 25.7 Å². The summed E-state index contributed by atoms with van der Waals surface area (Å²) in [4.78, 5) is 11.0. The van der Waals surface area contributed by atoms with E-state index in [0.717, 1.165) is 5.56 Å². The van der Waals surface area contributed by atoms with Crippen LogP contribution in [0.3, 0.4) is 0 Å². The maximum Gasteiger partial charge on any atom is 0.250 e. The normalized spacial score (nSPS) is 15.8. The van der Waals surface area contributed by atoms with Gasteiger partial charge in [0.05, 0.1) is 12.7 Å². The molecule has 0 aromatic heterocycles. The van der Waals surface area contributed by atoms with Crippen molar-refractivity contribution in [1.29, 1.82) is 0 Å². The summed E-state index contributed by atoms with van der Waals surface area (Å²) in [5.41, 5.74) is 1.79. The van der Waals surface area contributed by atoms with Crippen molar-refractivity contribution in [3.8, 4) is 0 Å². The van der Waals surface area contributed by atoms with Crippen LogP contribution in [0.1, 0.15) is 31.2 Å². The van der Waals surface area contributed by atoms with Gasteiger partial charge in [0.1, 0.15) is 6.61 Å². The molecule has 0 aliphatic heterocycles. The minimum Gasteiger partial charge on any atom is -0.387 e. The highest BCUT2D eigenvalue weighted by molar-refractivity contribution is 5.91. The van der Waals surface area contributed by atoms with Crippen LogP contribution in [0.4, 0.5) is 5.69 Å². The lowest BCUT2D eigenvalue weighted by molar-refractivity contribution is -0.118. The first-order valence-corrected chi connectivity index (χ1v) is 6.39. The summed E-state index contributed by atoms with van der Waals surface area (Å²) in [6.07, 6.45) is 5.31. The molecule has 4 nitrogen and oxygen atoms in total. The predicted octanol–water partition coefficient (Wildman–Crippen LogP) is 2.08. The highest BCUT2D eigenvalue weighted by Crippen LogP contribution is 2.22. The first kappa shape index (κ1) is 13.1. The van der Waals surface area contributed by atoms with Crippen LogP contribution in [0.5, 0.6) is 0 Å². The molecule has 18 heavy (non-hydrogen) atoms. The van der Waals surface area contributed by atoms with Crippen molar-refractivity contribution >= 4 is 11.6 Å². The van der Waals surface area contributed by atoms with Gasteiger partial charge >= 0.3 is 0 Å². The molecule has 0 atom stereocenters. The van der Waals surface area contributed by atoms with Gasteiger partial charge in [-0.15, -0.1) is 0 Å². The van der Waals surface area contributed by atoms with E-state index in [0.29, 0.717) is 18.4 Å². The molecule has 0 heterocycles. The minimum absolute atomic E-state index is 0.398.